The summed E-state index contributed by atoms with van der Waals surface area (Å²) in [5.74, 6) is -0.797. The second-order valence-corrected chi connectivity index (χ2v) is 9.27. The molecular formula is C24H23Cl3N4O2. The lowest BCUT2D eigenvalue weighted by molar-refractivity contribution is -0.141. The molecule has 1 aliphatic heterocycles. The normalized spacial score (nSPS) is 14.3. The van der Waals surface area contributed by atoms with Gasteiger partial charge in [-0.25, -0.2) is 14.7 Å². The van der Waals surface area contributed by atoms with Gasteiger partial charge in [-0.15, -0.1) is 0 Å². The summed E-state index contributed by atoms with van der Waals surface area (Å²) in [6.45, 7) is 4.52. The number of benzene rings is 2. The summed E-state index contributed by atoms with van der Waals surface area (Å²) in [5, 5.41) is 9.15. The summed E-state index contributed by atoms with van der Waals surface area (Å²) < 4.78 is 1.62. The number of halogens is 3. The molecule has 0 bridgehead atoms. The van der Waals surface area contributed by atoms with E-state index in [1.54, 1.807) is 35.0 Å². The lowest BCUT2D eigenvalue weighted by Gasteiger charge is -2.34. The minimum absolute atomic E-state index is 0.187. The van der Waals surface area contributed by atoms with E-state index in [9.17, 15) is 9.59 Å². The van der Waals surface area contributed by atoms with Gasteiger partial charge in [0.2, 0.25) is 5.91 Å². The number of aromatic nitrogens is 2. The first-order valence-electron chi connectivity index (χ1n) is 10.7. The Balaban J connectivity index is 1.88. The van der Waals surface area contributed by atoms with Crippen molar-refractivity contribution in [3.8, 4) is 16.9 Å². The maximum atomic E-state index is 13.6. The van der Waals surface area contributed by atoms with Crippen molar-refractivity contribution in [2.75, 3.05) is 13.1 Å². The second kappa shape index (κ2) is 9.85. The van der Waals surface area contributed by atoms with E-state index in [0.717, 1.165) is 24.8 Å². The van der Waals surface area contributed by atoms with Crippen LogP contribution >= 0.6 is 34.8 Å². The SMILES string of the molecule is CC(=O)N(C(=O)c1nn(-c2ccc(Cl)cc2Cl)c(-c2ccc(Cl)cc2)c1C)N1CCCCC1. The Kier molecular flexibility index (Phi) is 7.10. The maximum absolute atomic E-state index is 13.6. The van der Waals surface area contributed by atoms with Gasteiger partial charge >= 0.3 is 0 Å². The van der Waals surface area contributed by atoms with Crippen LogP contribution in [0, 0.1) is 6.92 Å². The average molecular weight is 506 g/mol. The number of imide groups is 1. The third-order valence-electron chi connectivity index (χ3n) is 5.69. The molecule has 1 fully saturated rings. The summed E-state index contributed by atoms with van der Waals surface area (Å²) >= 11 is 18.7. The molecule has 0 saturated carbocycles. The molecular weight excluding hydrogens is 483 g/mol. The van der Waals surface area contributed by atoms with Crippen molar-refractivity contribution in [1.29, 1.82) is 0 Å². The molecule has 33 heavy (non-hydrogen) atoms. The van der Waals surface area contributed by atoms with Crippen LogP contribution in [0.5, 0.6) is 0 Å². The summed E-state index contributed by atoms with van der Waals surface area (Å²) in [7, 11) is 0. The Morgan fingerprint density at radius 1 is 0.939 bits per heavy atom. The van der Waals surface area contributed by atoms with Gasteiger partial charge < -0.3 is 0 Å². The zero-order chi connectivity index (χ0) is 23.7. The van der Waals surface area contributed by atoms with Gasteiger partial charge in [0.05, 0.1) is 16.4 Å². The molecule has 6 nitrogen and oxygen atoms in total. The van der Waals surface area contributed by atoms with Crippen molar-refractivity contribution < 1.29 is 9.59 Å². The highest BCUT2D eigenvalue weighted by Crippen LogP contribution is 2.34. The van der Waals surface area contributed by atoms with E-state index in [1.165, 1.54) is 11.9 Å². The summed E-state index contributed by atoms with van der Waals surface area (Å²) in [6, 6.07) is 12.3. The van der Waals surface area contributed by atoms with Gasteiger partial charge in [0.15, 0.2) is 5.69 Å². The van der Waals surface area contributed by atoms with E-state index in [0.29, 0.717) is 45.1 Å². The molecule has 0 radical (unpaired) electrons. The van der Waals surface area contributed by atoms with Crippen molar-refractivity contribution in [3.63, 3.8) is 0 Å². The van der Waals surface area contributed by atoms with E-state index in [-0.39, 0.29) is 11.6 Å². The third kappa shape index (κ3) is 4.80. The molecule has 4 rings (SSSR count). The van der Waals surface area contributed by atoms with Gasteiger partial charge in [0.25, 0.3) is 5.91 Å². The van der Waals surface area contributed by atoms with Gasteiger partial charge in [0.1, 0.15) is 0 Å². The highest BCUT2D eigenvalue weighted by Gasteiger charge is 2.32. The summed E-state index contributed by atoms with van der Waals surface area (Å²) in [4.78, 5) is 26.1. The first kappa shape index (κ1) is 23.8. The lowest BCUT2D eigenvalue weighted by atomic mass is 10.1. The van der Waals surface area contributed by atoms with Crippen LogP contribution < -0.4 is 0 Å². The number of piperidine rings is 1. The molecule has 1 saturated heterocycles. The van der Waals surface area contributed by atoms with Crippen LogP contribution in [0.3, 0.4) is 0 Å². The Hall–Kier alpha value is -2.38. The molecule has 2 amide bonds. The molecule has 0 N–H and O–H groups in total. The summed E-state index contributed by atoms with van der Waals surface area (Å²) in [5.41, 5.74) is 2.88. The molecule has 2 heterocycles. The number of nitrogens with zero attached hydrogens (tertiary/aromatic N) is 4. The number of amides is 2. The highest BCUT2D eigenvalue weighted by molar-refractivity contribution is 6.35. The van der Waals surface area contributed by atoms with Crippen molar-refractivity contribution in [1.82, 2.24) is 19.8 Å². The van der Waals surface area contributed by atoms with Crippen molar-refractivity contribution in [2.24, 2.45) is 0 Å². The zero-order valence-electron chi connectivity index (χ0n) is 18.3. The first-order valence-corrected chi connectivity index (χ1v) is 11.8. The number of carbonyl (C=O) groups excluding carboxylic acids is 2. The molecule has 1 aliphatic rings. The predicted molar refractivity (Wildman–Crippen MR) is 131 cm³/mol. The van der Waals surface area contributed by atoms with Gasteiger partial charge in [-0.05, 0) is 50.1 Å². The van der Waals surface area contributed by atoms with Gasteiger partial charge in [-0.1, -0.05) is 53.4 Å². The van der Waals surface area contributed by atoms with Crippen LogP contribution in [0.1, 0.15) is 42.2 Å². The Morgan fingerprint density at radius 3 is 2.18 bits per heavy atom. The molecule has 1 aromatic heterocycles. The van der Waals surface area contributed by atoms with Crippen LogP contribution in [0.15, 0.2) is 42.5 Å². The van der Waals surface area contributed by atoms with E-state index < -0.39 is 5.91 Å². The standard InChI is InChI=1S/C24H23Cl3N4O2/c1-15-22(24(33)31(16(2)32)29-12-4-3-5-13-29)28-30(21-11-10-19(26)14-20(21)27)23(15)17-6-8-18(25)9-7-17/h6-11,14H,3-5,12-13H2,1-2H3. The molecule has 2 aromatic carbocycles. The van der Waals surface area contributed by atoms with E-state index in [1.807, 2.05) is 24.1 Å². The van der Waals surface area contributed by atoms with Crippen LogP contribution in [-0.2, 0) is 4.79 Å². The minimum atomic E-state index is -0.457. The molecule has 0 aliphatic carbocycles. The minimum Gasteiger partial charge on any atom is -0.273 e. The van der Waals surface area contributed by atoms with Gasteiger partial charge in [0, 0.05) is 41.2 Å². The lowest BCUT2D eigenvalue weighted by Crippen LogP contribution is -2.51. The van der Waals surface area contributed by atoms with E-state index in [2.05, 4.69) is 5.10 Å². The van der Waals surface area contributed by atoms with Gasteiger partial charge in [-0.2, -0.15) is 5.10 Å². The highest BCUT2D eigenvalue weighted by atomic mass is 35.5. The first-order chi connectivity index (χ1) is 15.8. The topological polar surface area (TPSA) is 58.4 Å². The van der Waals surface area contributed by atoms with Crippen molar-refractivity contribution >= 4 is 46.6 Å². The molecule has 0 atom stereocenters. The van der Waals surface area contributed by atoms with Crippen molar-refractivity contribution in [3.05, 3.63) is 68.8 Å². The molecule has 0 spiro atoms. The van der Waals surface area contributed by atoms with Crippen LogP contribution in [0.25, 0.3) is 16.9 Å². The monoisotopic (exact) mass is 504 g/mol. The summed E-state index contributed by atoms with van der Waals surface area (Å²) in [6.07, 6.45) is 2.95. The maximum Gasteiger partial charge on any atom is 0.296 e. The Labute approximate surface area is 207 Å². The third-order valence-corrected chi connectivity index (χ3v) is 6.48. The average Bonchev–Trinajstić information content (AvgIpc) is 3.12. The fourth-order valence-electron chi connectivity index (χ4n) is 4.12. The predicted octanol–water partition coefficient (Wildman–Crippen LogP) is 6.20. The number of hydrogen-bond donors (Lipinski definition) is 0. The largest absolute Gasteiger partial charge is 0.296 e. The quantitative estimate of drug-likeness (QED) is 0.424. The zero-order valence-corrected chi connectivity index (χ0v) is 20.6. The Bertz CT molecular complexity index is 1200. The second-order valence-electron chi connectivity index (χ2n) is 7.99. The number of carbonyl (C=O) groups is 2. The van der Waals surface area contributed by atoms with Gasteiger partial charge in [-0.3, -0.25) is 9.59 Å². The van der Waals surface area contributed by atoms with E-state index in [4.69, 9.17) is 34.8 Å². The number of hydrazine groups is 1. The van der Waals surface area contributed by atoms with Crippen LogP contribution in [-0.4, -0.2) is 44.7 Å². The fourth-order valence-corrected chi connectivity index (χ4v) is 4.74. The smallest absolute Gasteiger partial charge is 0.273 e. The number of rotatable bonds is 4. The molecule has 0 unspecified atom stereocenters. The molecule has 172 valence electrons. The van der Waals surface area contributed by atoms with Crippen molar-refractivity contribution in [2.45, 2.75) is 33.1 Å². The molecule has 3 aromatic rings. The van der Waals surface area contributed by atoms with Crippen LogP contribution in [0.2, 0.25) is 15.1 Å². The van der Waals surface area contributed by atoms with Crippen LogP contribution in [0.4, 0.5) is 0 Å². The van der Waals surface area contributed by atoms with E-state index >= 15 is 0 Å². The fraction of sp³-hybridized carbons (Fsp3) is 0.292. The molecule has 9 heteroatoms. The Morgan fingerprint density at radius 2 is 1.58 bits per heavy atom. The number of hydrogen-bond acceptors (Lipinski definition) is 4.